The highest BCUT2D eigenvalue weighted by molar-refractivity contribution is 7.80. The molecule has 0 saturated carbocycles. The Balaban J connectivity index is 1.59. The van der Waals surface area contributed by atoms with Gasteiger partial charge in [0.1, 0.15) is 6.04 Å². The Morgan fingerprint density at radius 3 is 2.00 bits per heavy atom. The van der Waals surface area contributed by atoms with Crippen LogP contribution in [-0.2, 0) is 35.2 Å². The number of nitrogens with zero attached hydrogens (tertiary/aromatic N) is 1. The second-order valence-corrected chi connectivity index (χ2v) is 8.94. The number of aliphatic carboxylic acids is 1. The smallest absolute Gasteiger partial charge is 0.326 e. The normalized spacial score (nSPS) is 13.0. The van der Waals surface area contributed by atoms with Gasteiger partial charge in [-0.25, -0.2) is 4.79 Å². The van der Waals surface area contributed by atoms with Gasteiger partial charge in [0.15, 0.2) is 5.11 Å². The number of nitrogens with one attached hydrogen (secondary N) is 5. The molecule has 1 unspecified atom stereocenters. The number of hydrogen-bond donors (Lipinski definition) is 6. The topological polar surface area (TPSA) is 186 Å². The number of carboxylic acid groups (broad SMARTS) is 1. The maximum Gasteiger partial charge on any atom is 0.326 e. The first-order valence-corrected chi connectivity index (χ1v) is 12.7. The first-order valence-electron chi connectivity index (χ1n) is 12.3. The monoisotopic (exact) mass is 560 g/mol. The third-order valence-electron chi connectivity index (χ3n) is 5.58. The van der Waals surface area contributed by atoms with E-state index < -0.39 is 54.6 Å². The van der Waals surface area contributed by atoms with E-state index in [9.17, 15) is 33.9 Å². The Morgan fingerprint density at radius 1 is 0.872 bits per heavy atom. The summed E-state index contributed by atoms with van der Waals surface area (Å²) in [6, 6.07) is 6.45. The van der Waals surface area contributed by atoms with Crippen LogP contribution in [0.1, 0.15) is 31.7 Å². The number of aryl methyl sites for hydroxylation is 1. The highest BCUT2D eigenvalue weighted by Crippen LogP contribution is 2.10. The molecule has 0 radical (unpaired) electrons. The second-order valence-electron chi connectivity index (χ2n) is 8.53. The number of hydrogen-bond acceptors (Lipinski definition) is 7. The number of rotatable bonds is 15. The number of anilines is 1. The van der Waals surface area contributed by atoms with Crippen LogP contribution in [0.25, 0.3) is 0 Å². The number of carboxylic acids is 1. The average Bonchev–Trinajstić information content (AvgIpc) is 3.23. The van der Waals surface area contributed by atoms with Crippen LogP contribution in [0, 0.1) is 0 Å². The Kier molecular flexibility index (Phi) is 12.5. The lowest BCUT2D eigenvalue weighted by atomic mass is 10.1. The van der Waals surface area contributed by atoms with Crippen molar-refractivity contribution < 1.29 is 33.9 Å². The van der Waals surface area contributed by atoms with E-state index >= 15 is 0 Å². The molecule has 6 N–H and O–H groups in total. The molecule has 39 heavy (non-hydrogen) atoms. The van der Waals surface area contributed by atoms with Crippen molar-refractivity contribution in [1.82, 2.24) is 26.2 Å². The number of carbonyl (C=O) groups is 6. The van der Waals surface area contributed by atoms with E-state index in [0.717, 1.165) is 17.0 Å². The summed E-state index contributed by atoms with van der Waals surface area (Å²) in [5, 5.41) is 22.2. The highest BCUT2D eigenvalue weighted by atomic mass is 32.1. The second kappa shape index (κ2) is 15.8. The molecule has 1 atom stereocenters. The first-order chi connectivity index (χ1) is 18.6. The first kappa shape index (κ1) is 30.9. The molecular formula is C25H32N6O7S. The summed E-state index contributed by atoms with van der Waals surface area (Å²) >= 11 is 5.14. The van der Waals surface area contributed by atoms with Crippen LogP contribution in [0.3, 0.4) is 0 Å². The number of thiocarbonyl (C=S) groups is 1. The van der Waals surface area contributed by atoms with Gasteiger partial charge in [-0.15, -0.1) is 0 Å². The van der Waals surface area contributed by atoms with Gasteiger partial charge in [-0.1, -0.05) is 19.1 Å². The van der Waals surface area contributed by atoms with E-state index in [1.807, 2.05) is 31.2 Å². The van der Waals surface area contributed by atoms with Crippen molar-refractivity contribution in [2.75, 3.05) is 31.5 Å². The summed E-state index contributed by atoms with van der Waals surface area (Å²) in [6.45, 7) is 1.15. The minimum atomic E-state index is -1.25. The van der Waals surface area contributed by atoms with Gasteiger partial charge in [0.2, 0.25) is 17.7 Å². The molecule has 1 aliphatic rings. The zero-order valence-electron chi connectivity index (χ0n) is 21.5. The van der Waals surface area contributed by atoms with Crippen LogP contribution in [0.2, 0.25) is 0 Å². The minimum absolute atomic E-state index is 0.0719. The fourth-order valence-electron chi connectivity index (χ4n) is 3.41. The lowest BCUT2D eigenvalue weighted by Crippen LogP contribution is -2.47. The van der Waals surface area contributed by atoms with Gasteiger partial charge in [-0.3, -0.25) is 28.9 Å². The fourth-order valence-corrected chi connectivity index (χ4v) is 3.61. The molecule has 1 heterocycles. The molecule has 1 aliphatic heterocycles. The van der Waals surface area contributed by atoms with E-state index in [1.165, 1.54) is 17.7 Å². The number of carbonyl (C=O) groups excluding carboxylic acids is 5. The molecule has 13 nitrogen and oxygen atoms in total. The molecule has 0 fully saturated rings. The molecule has 0 saturated heterocycles. The largest absolute Gasteiger partial charge is 0.480 e. The summed E-state index contributed by atoms with van der Waals surface area (Å²) in [7, 11) is 0. The van der Waals surface area contributed by atoms with E-state index in [1.54, 1.807) is 0 Å². The number of benzene rings is 1. The molecule has 0 spiro atoms. The molecule has 210 valence electrons. The van der Waals surface area contributed by atoms with Crippen molar-refractivity contribution >= 4 is 58.5 Å². The van der Waals surface area contributed by atoms with Crippen molar-refractivity contribution in [2.45, 2.75) is 38.6 Å². The van der Waals surface area contributed by atoms with Crippen LogP contribution in [0.15, 0.2) is 36.4 Å². The lowest BCUT2D eigenvalue weighted by molar-refractivity contribution is -0.142. The standard InChI is InChI=1S/C25H32N6O7S/c1-2-16-6-8-17(9-7-16)29-25(39)28-14-20(33)26-13-19(32)27-15-21(34)30-18(24(37)38)5-3-4-12-31-22(35)10-11-23(31)36/h6-11,18H,2-5,12-15H2,1H3,(H,26,33)(H,27,32)(H,30,34)(H,37,38)(H2,28,29,39). The van der Waals surface area contributed by atoms with Crippen molar-refractivity contribution in [3.05, 3.63) is 42.0 Å². The molecule has 14 heteroatoms. The van der Waals surface area contributed by atoms with Crippen LogP contribution >= 0.6 is 12.2 Å². The van der Waals surface area contributed by atoms with Crippen LogP contribution in [-0.4, -0.2) is 82.8 Å². The SMILES string of the molecule is CCc1ccc(NC(=S)NCC(=O)NCC(=O)NCC(=O)NC(CCCCN2C(=O)C=CC2=O)C(=O)O)cc1. The van der Waals surface area contributed by atoms with E-state index in [2.05, 4.69) is 26.6 Å². The van der Waals surface area contributed by atoms with Crippen LogP contribution < -0.4 is 26.6 Å². The van der Waals surface area contributed by atoms with Gasteiger partial charge in [-0.2, -0.15) is 0 Å². The number of unbranched alkanes of at least 4 members (excludes halogenated alkanes) is 1. The van der Waals surface area contributed by atoms with Crippen molar-refractivity contribution in [3.8, 4) is 0 Å². The zero-order chi connectivity index (χ0) is 28.8. The molecule has 1 aromatic carbocycles. The molecule has 1 aromatic rings. The predicted molar refractivity (Wildman–Crippen MR) is 145 cm³/mol. The van der Waals surface area contributed by atoms with Crippen LogP contribution in [0.5, 0.6) is 0 Å². The molecule has 5 amide bonds. The van der Waals surface area contributed by atoms with Gasteiger partial charge in [-0.05, 0) is 55.6 Å². The molecule has 0 aromatic heterocycles. The van der Waals surface area contributed by atoms with Gasteiger partial charge < -0.3 is 31.7 Å². The van der Waals surface area contributed by atoms with Crippen molar-refractivity contribution in [1.29, 1.82) is 0 Å². The molecule has 0 bridgehead atoms. The number of amides is 5. The molecule has 2 rings (SSSR count). The van der Waals surface area contributed by atoms with E-state index in [4.69, 9.17) is 12.2 Å². The predicted octanol–water partition coefficient (Wildman–Crippen LogP) is -0.567. The Morgan fingerprint density at radius 2 is 1.44 bits per heavy atom. The van der Waals surface area contributed by atoms with Crippen molar-refractivity contribution in [3.63, 3.8) is 0 Å². The summed E-state index contributed by atoms with van der Waals surface area (Å²) < 4.78 is 0. The van der Waals surface area contributed by atoms with Crippen LogP contribution in [0.4, 0.5) is 5.69 Å². The summed E-state index contributed by atoms with van der Waals surface area (Å²) in [5.74, 6) is -3.95. The van der Waals surface area contributed by atoms with Gasteiger partial charge in [0.25, 0.3) is 11.8 Å². The Hall–Kier alpha value is -4.33. The zero-order valence-corrected chi connectivity index (χ0v) is 22.3. The summed E-state index contributed by atoms with van der Waals surface area (Å²) in [5.41, 5.74) is 1.94. The minimum Gasteiger partial charge on any atom is -0.480 e. The summed E-state index contributed by atoms with van der Waals surface area (Å²) in [6.07, 6.45) is 4.03. The average molecular weight is 561 g/mol. The fraction of sp³-hybridized carbons (Fsp3) is 0.400. The summed E-state index contributed by atoms with van der Waals surface area (Å²) in [4.78, 5) is 71.5. The Labute approximate surface area is 230 Å². The van der Waals surface area contributed by atoms with Gasteiger partial charge >= 0.3 is 5.97 Å². The molecule has 0 aliphatic carbocycles. The van der Waals surface area contributed by atoms with Crippen molar-refractivity contribution in [2.24, 2.45) is 0 Å². The maximum atomic E-state index is 12.1. The van der Waals surface area contributed by atoms with E-state index in [0.29, 0.717) is 12.8 Å². The Bertz CT molecular complexity index is 1100. The third kappa shape index (κ3) is 11.3. The maximum absolute atomic E-state index is 12.1. The third-order valence-corrected chi connectivity index (χ3v) is 5.83. The van der Waals surface area contributed by atoms with Gasteiger partial charge in [0, 0.05) is 24.4 Å². The molecular weight excluding hydrogens is 528 g/mol. The lowest BCUT2D eigenvalue weighted by Gasteiger charge is -2.16. The van der Waals surface area contributed by atoms with Gasteiger partial charge in [0.05, 0.1) is 19.6 Å². The number of imide groups is 1. The quantitative estimate of drug-likeness (QED) is 0.0922. The van der Waals surface area contributed by atoms with E-state index in [-0.39, 0.29) is 24.6 Å². The highest BCUT2D eigenvalue weighted by Gasteiger charge is 2.24.